The lowest BCUT2D eigenvalue weighted by atomic mass is 9.87. The van der Waals surface area contributed by atoms with Crippen LogP contribution in [0.1, 0.15) is 24.8 Å². The highest BCUT2D eigenvalue weighted by Crippen LogP contribution is 2.38. The number of ether oxygens (including phenoxy) is 1. The third kappa shape index (κ3) is 3.64. The van der Waals surface area contributed by atoms with E-state index in [2.05, 4.69) is 32.8 Å². The Balaban J connectivity index is 1.28. The first kappa shape index (κ1) is 16.5. The van der Waals surface area contributed by atoms with Gasteiger partial charge < -0.3 is 9.64 Å². The van der Waals surface area contributed by atoms with Crippen molar-refractivity contribution in [3.8, 4) is 0 Å². The lowest BCUT2D eigenvalue weighted by Gasteiger charge is -2.40. The van der Waals surface area contributed by atoms with Crippen LogP contribution in [0.5, 0.6) is 0 Å². The van der Waals surface area contributed by atoms with Crippen molar-refractivity contribution < 1.29 is 4.74 Å². The Kier molecular flexibility index (Phi) is 4.86. The quantitative estimate of drug-likeness (QED) is 0.837. The Morgan fingerprint density at radius 3 is 2.67 bits per heavy atom. The van der Waals surface area contributed by atoms with Crippen LogP contribution in [0.2, 0.25) is 0 Å². The second kappa shape index (κ2) is 7.08. The zero-order valence-corrected chi connectivity index (χ0v) is 14.9. The van der Waals surface area contributed by atoms with Gasteiger partial charge in [-0.2, -0.15) is 0 Å². The van der Waals surface area contributed by atoms with E-state index in [1.807, 2.05) is 18.5 Å². The first-order valence-corrected chi connectivity index (χ1v) is 9.40. The lowest BCUT2D eigenvalue weighted by molar-refractivity contribution is -0.0454. The molecule has 0 N–H and O–H groups in total. The van der Waals surface area contributed by atoms with E-state index in [0.717, 1.165) is 26.2 Å². The minimum atomic E-state index is 0.152. The number of likely N-dealkylation sites (N-methyl/N-ethyl adjacent to an activating group) is 1. The largest absolute Gasteiger partial charge is 0.373 e. The molecule has 132 valence electrons. The summed E-state index contributed by atoms with van der Waals surface area (Å²) in [5.74, 6) is 0. The summed E-state index contributed by atoms with van der Waals surface area (Å²) >= 11 is 0. The molecule has 1 spiro atoms. The van der Waals surface area contributed by atoms with Crippen LogP contribution < -0.4 is 0 Å². The molecular weight excluding hydrogens is 300 g/mol. The number of nitrogens with zero attached hydrogens (tertiary/aromatic N) is 4. The molecule has 3 aliphatic heterocycles. The molecule has 0 aliphatic carbocycles. The molecule has 5 heteroatoms. The maximum atomic E-state index is 6.38. The molecule has 1 aromatic heterocycles. The highest BCUT2D eigenvalue weighted by molar-refractivity contribution is 5.09. The van der Waals surface area contributed by atoms with E-state index in [1.165, 1.54) is 51.0 Å². The third-order valence-electron chi connectivity index (χ3n) is 6.14. The normalized spacial score (nSPS) is 29.3. The smallest absolute Gasteiger partial charge is 0.0723 e. The zero-order valence-electron chi connectivity index (χ0n) is 14.9. The molecule has 24 heavy (non-hydrogen) atoms. The number of piperazine rings is 1. The van der Waals surface area contributed by atoms with Crippen LogP contribution in [-0.2, 0) is 11.3 Å². The van der Waals surface area contributed by atoms with E-state index in [9.17, 15) is 0 Å². The highest BCUT2D eigenvalue weighted by Gasteiger charge is 2.44. The number of piperidine rings is 1. The van der Waals surface area contributed by atoms with Gasteiger partial charge in [-0.25, -0.2) is 0 Å². The molecule has 1 aromatic rings. The molecule has 3 saturated heterocycles. The summed E-state index contributed by atoms with van der Waals surface area (Å²) in [5.41, 5.74) is 1.47. The molecule has 4 rings (SSSR count). The molecule has 1 atom stereocenters. The van der Waals surface area contributed by atoms with Gasteiger partial charge in [0.25, 0.3) is 0 Å². The molecule has 0 saturated carbocycles. The van der Waals surface area contributed by atoms with Gasteiger partial charge in [0, 0.05) is 64.2 Å². The van der Waals surface area contributed by atoms with Gasteiger partial charge in [-0.05, 0) is 37.9 Å². The van der Waals surface area contributed by atoms with E-state index in [4.69, 9.17) is 4.74 Å². The van der Waals surface area contributed by atoms with Crippen LogP contribution in [0.25, 0.3) is 0 Å². The van der Waals surface area contributed by atoms with Gasteiger partial charge in [0.15, 0.2) is 0 Å². The van der Waals surface area contributed by atoms with Crippen molar-refractivity contribution in [3.63, 3.8) is 0 Å². The fraction of sp³-hybridized carbons (Fsp3) is 0.737. The van der Waals surface area contributed by atoms with E-state index in [-0.39, 0.29) is 5.60 Å². The predicted molar refractivity (Wildman–Crippen MR) is 94.9 cm³/mol. The molecule has 0 radical (unpaired) electrons. The Morgan fingerprint density at radius 1 is 1.17 bits per heavy atom. The zero-order chi connectivity index (χ0) is 16.4. The third-order valence-corrected chi connectivity index (χ3v) is 6.14. The Hall–Kier alpha value is -1.01. The average molecular weight is 330 g/mol. The topological polar surface area (TPSA) is 31.8 Å². The minimum Gasteiger partial charge on any atom is -0.373 e. The second-order valence-electron chi connectivity index (χ2n) is 7.83. The van der Waals surface area contributed by atoms with Crippen molar-refractivity contribution in [2.24, 2.45) is 0 Å². The monoisotopic (exact) mass is 330 g/mol. The van der Waals surface area contributed by atoms with Gasteiger partial charge in [-0.15, -0.1) is 0 Å². The standard InChI is InChI=1S/C19H30N4O/c1-21-9-11-23(12-10-21)18-13-19(24-16-18)4-7-22(8-5-19)15-17-3-2-6-20-14-17/h2-3,6,14,18H,4-5,7-13,15-16H2,1H3. The summed E-state index contributed by atoms with van der Waals surface area (Å²) in [4.78, 5) is 11.9. The molecule has 1 unspecified atom stereocenters. The van der Waals surface area contributed by atoms with Gasteiger partial charge in [0.2, 0.25) is 0 Å². The van der Waals surface area contributed by atoms with Crippen molar-refractivity contribution >= 4 is 0 Å². The molecule has 0 aromatic carbocycles. The number of pyridine rings is 1. The fourth-order valence-corrected chi connectivity index (χ4v) is 4.46. The molecular formula is C19H30N4O. The van der Waals surface area contributed by atoms with E-state index >= 15 is 0 Å². The van der Waals surface area contributed by atoms with Crippen LogP contribution >= 0.6 is 0 Å². The van der Waals surface area contributed by atoms with Crippen molar-refractivity contribution in [2.75, 3.05) is 52.9 Å². The summed E-state index contributed by atoms with van der Waals surface area (Å²) < 4.78 is 6.38. The highest BCUT2D eigenvalue weighted by atomic mass is 16.5. The van der Waals surface area contributed by atoms with E-state index in [1.54, 1.807) is 0 Å². The van der Waals surface area contributed by atoms with Gasteiger partial charge in [-0.1, -0.05) is 6.07 Å². The van der Waals surface area contributed by atoms with Crippen molar-refractivity contribution in [3.05, 3.63) is 30.1 Å². The summed E-state index contributed by atoms with van der Waals surface area (Å²) in [6.45, 7) is 9.04. The Morgan fingerprint density at radius 2 is 1.96 bits per heavy atom. The summed E-state index contributed by atoms with van der Waals surface area (Å²) in [6, 6.07) is 4.84. The number of hydrogen-bond acceptors (Lipinski definition) is 5. The first-order chi connectivity index (χ1) is 11.7. The van der Waals surface area contributed by atoms with Crippen LogP contribution in [0.15, 0.2) is 24.5 Å². The molecule has 3 fully saturated rings. The summed E-state index contributed by atoms with van der Waals surface area (Å²) in [6.07, 6.45) is 7.42. The van der Waals surface area contributed by atoms with Crippen molar-refractivity contribution in [2.45, 2.75) is 37.5 Å². The molecule has 5 nitrogen and oxygen atoms in total. The minimum absolute atomic E-state index is 0.152. The van der Waals surface area contributed by atoms with Crippen LogP contribution in [0, 0.1) is 0 Å². The van der Waals surface area contributed by atoms with Crippen molar-refractivity contribution in [1.82, 2.24) is 19.7 Å². The number of likely N-dealkylation sites (tertiary alicyclic amines) is 1. The summed E-state index contributed by atoms with van der Waals surface area (Å²) in [7, 11) is 2.22. The molecule has 4 heterocycles. The maximum Gasteiger partial charge on any atom is 0.0723 e. The van der Waals surface area contributed by atoms with Gasteiger partial charge >= 0.3 is 0 Å². The molecule has 3 aliphatic rings. The van der Waals surface area contributed by atoms with Crippen LogP contribution in [-0.4, -0.2) is 84.2 Å². The maximum absolute atomic E-state index is 6.38. The number of hydrogen-bond donors (Lipinski definition) is 0. The number of rotatable bonds is 3. The average Bonchev–Trinajstić information content (AvgIpc) is 3.03. The second-order valence-corrected chi connectivity index (χ2v) is 7.83. The van der Waals surface area contributed by atoms with E-state index < -0.39 is 0 Å². The lowest BCUT2D eigenvalue weighted by Crippen LogP contribution is -2.50. The molecule has 0 bridgehead atoms. The van der Waals surface area contributed by atoms with Crippen LogP contribution in [0.4, 0.5) is 0 Å². The van der Waals surface area contributed by atoms with Gasteiger partial charge in [0.05, 0.1) is 12.2 Å². The predicted octanol–water partition coefficient (Wildman–Crippen LogP) is 1.45. The SMILES string of the molecule is CN1CCN(C2COC3(CCN(Cc4cccnc4)CC3)C2)CC1. The molecule has 0 amide bonds. The van der Waals surface area contributed by atoms with E-state index in [0.29, 0.717) is 6.04 Å². The Labute approximate surface area is 145 Å². The van der Waals surface area contributed by atoms with Crippen molar-refractivity contribution in [1.29, 1.82) is 0 Å². The van der Waals surface area contributed by atoms with Gasteiger partial charge in [-0.3, -0.25) is 14.8 Å². The van der Waals surface area contributed by atoms with Gasteiger partial charge in [0.1, 0.15) is 0 Å². The first-order valence-electron chi connectivity index (χ1n) is 9.40. The summed E-state index contributed by atoms with van der Waals surface area (Å²) in [5, 5.41) is 0. The number of aromatic nitrogens is 1. The fourth-order valence-electron chi connectivity index (χ4n) is 4.46. The van der Waals surface area contributed by atoms with Crippen LogP contribution in [0.3, 0.4) is 0 Å². The Bertz CT molecular complexity index is 521.